The van der Waals surface area contributed by atoms with Gasteiger partial charge in [0, 0.05) is 12.0 Å². The highest BCUT2D eigenvalue weighted by molar-refractivity contribution is 7.14. The van der Waals surface area contributed by atoms with E-state index < -0.39 is 0 Å². The van der Waals surface area contributed by atoms with Gasteiger partial charge in [0.05, 0.1) is 21.3 Å². The molecule has 0 aromatic carbocycles. The topological polar surface area (TPSA) is 66.4 Å². The van der Waals surface area contributed by atoms with Gasteiger partial charge in [-0.15, -0.1) is 11.3 Å². The Morgan fingerprint density at radius 3 is 2.53 bits per heavy atom. The number of hydrogen-bond donors (Lipinski definition) is 2. The van der Waals surface area contributed by atoms with E-state index in [2.05, 4.69) is 41.6 Å². The zero-order valence-corrected chi connectivity index (χ0v) is 13.2. The number of hydrazone groups is 1. The first-order valence-corrected chi connectivity index (χ1v) is 7.13. The van der Waals surface area contributed by atoms with Gasteiger partial charge in [0.25, 0.3) is 0 Å². The first-order valence-electron chi connectivity index (χ1n) is 6.32. The zero-order chi connectivity index (χ0) is 14.6. The van der Waals surface area contributed by atoms with Crippen LogP contribution < -0.4 is 10.7 Å². The number of aryl methyl sites for hydroxylation is 1. The molecule has 106 valence electrons. The maximum atomic E-state index is 11.3. The van der Waals surface area contributed by atoms with Crippen molar-refractivity contribution in [3.63, 3.8) is 0 Å². The summed E-state index contributed by atoms with van der Waals surface area (Å²) in [5, 5.41) is 7.80. The van der Waals surface area contributed by atoms with Crippen LogP contribution in [0.4, 0.5) is 4.79 Å². The highest BCUT2D eigenvalue weighted by Crippen LogP contribution is 2.29. The minimum atomic E-state index is -0.292. The van der Waals surface area contributed by atoms with E-state index in [4.69, 9.17) is 0 Å². The summed E-state index contributed by atoms with van der Waals surface area (Å²) in [4.78, 5) is 16.9. The lowest BCUT2D eigenvalue weighted by molar-refractivity contribution is 0.242. The first-order chi connectivity index (χ1) is 8.75. The van der Waals surface area contributed by atoms with Crippen LogP contribution >= 0.6 is 11.3 Å². The number of amides is 2. The molecule has 0 radical (unpaired) electrons. The highest BCUT2D eigenvalue weighted by Gasteiger charge is 2.21. The van der Waals surface area contributed by atoms with E-state index in [9.17, 15) is 4.79 Å². The highest BCUT2D eigenvalue weighted by atomic mass is 32.1. The van der Waals surface area contributed by atoms with Crippen molar-refractivity contribution < 1.29 is 4.79 Å². The average molecular weight is 282 g/mol. The summed E-state index contributed by atoms with van der Waals surface area (Å²) in [6.07, 6.45) is 0. The number of carbonyl (C=O) groups is 1. The van der Waals surface area contributed by atoms with Crippen molar-refractivity contribution in [1.82, 2.24) is 15.7 Å². The van der Waals surface area contributed by atoms with Crippen molar-refractivity contribution in [3.8, 4) is 0 Å². The van der Waals surface area contributed by atoms with Gasteiger partial charge in [-0.2, -0.15) is 5.10 Å². The minimum absolute atomic E-state index is 0.0287. The molecule has 0 atom stereocenters. The number of nitrogens with one attached hydrogen (secondary N) is 2. The van der Waals surface area contributed by atoms with Gasteiger partial charge in [0.2, 0.25) is 0 Å². The second-order valence-electron chi connectivity index (χ2n) is 5.35. The van der Waals surface area contributed by atoms with Crippen molar-refractivity contribution in [1.29, 1.82) is 0 Å². The molecule has 0 aliphatic heterocycles. The van der Waals surface area contributed by atoms with Gasteiger partial charge < -0.3 is 5.32 Å². The molecule has 2 amide bonds. The third-order valence-electron chi connectivity index (χ3n) is 2.43. The summed E-state index contributed by atoms with van der Waals surface area (Å²) >= 11 is 1.63. The molecule has 0 fully saturated rings. The van der Waals surface area contributed by atoms with E-state index in [0.717, 1.165) is 21.3 Å². The monoisotopic (exact) mass is 282 g/mol. The Morgan fingerprint density at radius 1 is 1.42 bits per heavy atom. The predicted octanol–water partition coefficient (Wildman–Crippen LogP) is 2.79. The van der Waals surface area contributed by atoms with Crippen LogP contribution in [-0.2, 0) is 5.41 Å². The molecule has 0 aliphatic carbocycles. The number of thiazole rings is 1. The summed E-state index contributed by atoms with van der Waals surface area (Å²) in [6, 6.07) is -0.292. The van der Waals surface area contributed by atoms with Gasteiger partial charge >= 0.3 is 6.03 Å². The van der Waals surface area contributed by atoms with Gasteiger partial charge in [0.15, 0.2) is 0 Å². The van der Waals surface area contributed by atoms with Crippen LogP contribution in [0.15, 0.2) is 5.10 Å². The number of hydrogen-bond acceptors (Lipinski definition) is 4. The molecule has 19 heavy (non-hydrogen) atoms. The number of aromatic nitrogens is 1. The Hall–Kier alpha value is -1.43. The fourth-order valence-corrected chi connectivity index (χ4v) is 2.51. The Morgan fingerprint density at radius 2 is 2.05 bits per heavy atom. The SMILES string of the molecule is CCNC(=O)N/N=C(\C)c1sc(C(C)(C)C)nc1C. The molecule has 0 unspecified atom stereocenters. The average Bonchev–Trinajstić information content (AvgIpc) is 2.68. The van der Waals surface area contributed by atoms with Crippen LogP contribution in [0.3, 0.4) is 0 Å². The summed E-state index contributed by atoms with van der Waals surface area (Å²) in [6.45, 7) is 12.7. The van der Waals surface area contributed by atoms with Crippen LogP contribution in [0.2, 0.25) is 0 Å². The molecular formula is C13H22N4OS. The molecule has 1 heterocycles. The Labute approximate surface area is 118 Å². The van der Waals surface area contributed by atoms with Crippen molar-refractivity contribution in [2.24, 2.45) is 5.10 Å². The normalized spacial score (nSPS) is 12.4. The molecule has 5 nitrogen and oxygen atoms in total. The fourth-order valence-electron chi connectivity index (χ4n) is 1.44. The van der Waals surface area contributed by atoms with E-state index in [1.54, 1.807) is 11.3 Å². The van der Waals surface area contributed by atoms with Crippen molar-refractivity contribution >= 4 is 23.1 Å². The van der Waals surface area contributed by atoms with Crippen molar-refractivity contribution in [2.75, 3.05) is 6.54 Å². The fraction of sp³-hybridized carbons (Fsp3) is 0.615. The van der Waals surface area contributed by atoms with Crippen molar-refractivity contribution in [2.45, 2.75) is 47.0 Å². The minimum Gasteiger partial charge on any atom is -0.337 e. The predicted molar refractivity (Wildman–Crippen MR) is 80.0 cm³/mol. The Kier molecular flexibility index (Phi) is 5.05. The standard InChI is InChI=1S/C13H22N4OS/c1-7-14-12(18)17-16-9(3)10-8(2)15-11(19-10)13(4,5)6/h7H2,1-6H3,(H2,14,17,18)/b16-9+. The molecule has 1 aromatic rings. The summed E-state index contributed by atoms with van der Waals surface area (Å²) < 4.78 is 0. The molecule has 0 bridgehead atoms. The van der Waals surface area contributed by atoms with E-state index in [1.165, 1.54) is 0 Å². The van der Waals surface area contributed by atoms with Crippen molar-refractivity contribution in [3.05, 3.63) is 15.6 Å². The van der Waals surface area contributed by atoms with Gasteiger partial charge in [0.1, 0.15) is 0 Å². The van der Waals surface area contributed by atoms with Crippen LogP contribution in [0.1, 0.15) is 50.2 Å². The quantitative estimate of drug-likeness (QED) is 0.661. The third-order valence-corrected chi connectivity index (χ3v) is 4.12. The second kappa shape index (κ2) is 6.14. The van der Waals surface area contributed by atoms with E-state index in [-0.39, 0.29) is 11.4 Å². The van der Waals surface area contributed by atoms with E-state index >= 15 is 0 Å². The van der Waals surface area contributed by atoms with Gasteiger partial charge in [-0.1, -0.05) is 20.8 Å². The van der Waals surface area contributed by atoms with Gasteiger partial charge in [-0.05, 0) is 20.8 Å². The molecule has 6 heteroatoms. The van der Waals surface area contributed by atoms with Crippen LogP contribution in [0.5, 0.6) is 0 Å². The number of urea groups is 1. The third kappa shape index (κ3) is 4.31. The Bertz CT molecular complexity index is 485. The van der Waals surface area contributed by atoms with E-state index in [0.29, 0.717) is 6.54 Å². The summed E-state index contributed by atoms with van der Waals surface area (Å²) in [7, 11) is 0. The summed E-state index contributed by atoms with van der Waals surface area (Å²) in [5.41, 5.74) is 4.23. The first kappa shape index (κ1) is 15.6. The molecule has 0 spiro atoms. The lowest BCUT2D eigenvalue weighted by Crippen LogP contribution is -2.32. The molecule has 1 aromatic heterocycles. The molecule has 0 aliphatic rings. The molecule has 0 saturated carbocycles. The van der Waals surface area contributed by atoms with Gasteiger partial charge in [-0.25, -0.2) is 15.2 Å². The van der Waals surface area contributed by atoms with Crippen LogP contribution in [0, 0.1) is 6.92 Å². The Balaban J connectivity index is 2.88. The zero-order valence-electron chi connectivity index (χ0n) is 12.4. The second-order valence-corrected chi connectivity index (χ2v) is 6.35. The van der Waals surface area contributed by atoms with Crippen LogP contribution in [-0.4, -0.2) is 23.3 Å². The maximum Gasteiger partial charge on any atom is 0.335 e. The lowest BCUT2D eigenvalue weighted by Gasteiger charge is -2.13. The molecule has 1 rings (SSSR count). The number of carbonyl (C=O) groups excluding carboxylic acids is 1. The molecule has 0 saturated heterocycles. The molecular weight excluding hydrogens is 260 g/mol. The number of nitrogens with zero attached hydrogens (tertiary/aromatic N) is 2. The van der Waals surface area contributed by atoms with Gasteiger partial charge in [-0.3, -0.25) is 0 Å². The lowest BCUT2D eigenvalue weighted by atomic mass is 9.98. The van der Waals surface area contributed by atoms with E-state index in [1.807, 2.05) is 20.8 Å². The van der Waals surface area contributed by atoms with Crippen LogP contribution in [0.25, 0.3) is 0 Å². The summed E-state index contributed by atoms with van der Waals surface area (Å²) in [5.74, 6) is 0. The number of rotatable bonds is 3. The maximum absolute atomic E-state index is 11.3. The molecule has 2 N–H and O–H groups in total. The largest absolute Gasteiger partial charge is 0.337 e. The smallest absolute Gasteiger partial charge is 0.335 e.